The molecule has 0 aliphatic rings. The summed E-state index contributed by atoms with van der Waals surface area (Å²) in [5, 5.41) is 7.27. The molecule has 0 aliphatic carbocycles. The van der Waals surface area contributed by atoms with Crippen molar-refractivity contribution in [3.05, 3.63) is 102 Å². The minimum Gasteiger partial charge on any atom is -0.354 e. The van der Waals surface area contributed by atoms with Gasteiger partial charge in [-0.2, -0.15) is 0 Å². The molecule has 164 valence electrons. The third kappa shape index (κ3) is 4.61. The Morgan fingerprint density at radius 1 is 1.00 bits per heavy atom. The summed E-state index contributed by atoms with van der Waals surface area (Å²) in [7, 11) is 0. The van der Waals surface area contributed by atoms with Gasteiger partial charge in [-0.15, -0.1) is 11.3 Å². The van der Waals surface area contributed by atoms with Gasteiger partial charge in [-0.1, -0.05) is 57.9 Å². The van der Waals surface area contributed by atoms with Gasteiger partial charge in [-0.3, -0.25) is 9.36 Å². The van der Waals surface area contributed by atoms with Gasteiger partial charge in [0.05, 0.1) is 28.8 Å². The van der Waals surface area contributed by atoms with Gasteiger partial charge in [0.2, 0.25) is 0 Å². The number of para-hydroxylation sites is 1. The first-order valence-electron chi connectivity index (χ1n) is 9.91. The van der Waals surface area contributed by atoms with Crippen molar-refractivity contribution in [3.63, 3.8) is 0 Å². The Labute approximate surface area is 215 Å². The second kappa shape index (κ2) is 9.38. The molecule has 33 heavy (non-hydrogen) atoms. The van der Waals surface area contributed by atoms with E-state index >= 15 is 0 Å². The van der Waals surface area contributed by atoms with E-state index in [4.69, 9.17) is 16.6 Å². The molecule has 0 amide bonds. The van der Waals surface area contributed by atoms with Gasteiger partial charge in [0.1, 0.15) is 5.82 Å². The summed E-state index contributed by atoms with van der Waals surface area (Å²) >= 11 is 14.5. The second-order valence-electron chi connectivity index (χ2n) is 7.19. The number of hydrogen-bond donors (Lipinski definition) is 1. The minimum atomic E-state index is -0.133. The van der Waals surface area contributed by atoms with E-state index in [0.717, 1.165) is 31.0 Å². The fourth-order valence-electron chi connectivity index (χ4n) is 3.48. The molecule has 5 rings (SSSR count). The Balaban J connectivity index is 1.54. The molecule has 3 aromatic carbocycles. The molecule has 0 aliphatic heterocycles. The second-order valence-corrected chi connectivity index (χ2v) is 10.3. The lowest BCUT2D eigenvalue weighted by Crippen LogP contribution is -2.25. The van der Waals surface area contributed by atoms with Crippen molar-refractivity contribution in [2.24, 2.45) is 0 Å². The van der Waals surface area contributed by atoms with Gasteiger partial charge in [0.15, 0.2) is 5.13 Å². The van der Waals surface area contributed by atoms with Crippen molar-refractivity contribution >= 4 is 70.8 Å². The largest absolute Gasteiger partial charge is 0.354 e. The third-order valence-electron chi connectivity index (χ3n) is 5.02. The number of halogens is 3. The average Bonchev–Trinajstić information content (AvgIpc) is 3.28. The van der Waals surface area contributed by atoms with Crippen LogP contribution in [-0.4, -0.2) is 14.5 Å². The topological polar surface area (TPSA) is 59.8 Å². The number of benzene rings is 3. The molecule has 0 radical (unpaired) electrons. The van der Waals surface area contributed by atoms with Crippen LogP contribution in [0.5, 0.6) is 0 Å². The van der Waals surface area contributed by atoms with Crippen LogP contribution < -0.4 is 10.9 Å². The van der Waals surface area contributed by atoms with Crippen LogP contribution in [0.4, 0.5) is 5.13 Å². The maximum absolute atomic E-state index is 13.5. The number of aromatic nitrogens is 3. The molecule has 0 saturated carbocycles. The maximum atomic E-state index is 13.5. The predicted octanol–water partition coefficient (Wildman–Crippen LogP) is 7.30. The first-order valence-corrected chi connectivity index (χ1v) is 12.8. The first kappa shape index (κ1) is 22.3. The summed E-state index contributed by atoms with van der Waals surface area (Å²) in [6, 6.07) is 20.8. The quantitative estimate of drug-likeness (QED) is 0.229. The first-order chi connectivity index (χ1) is 16.0. The predicted molar refractivity (Wildman–Crippen MR) is 143 cm³/mol. The maximum Gasteiger partial charge on any atom is 0.266 e. The Hall–Kier alpha value is -2.52. The molecule has 0 spiro atoms. The van der Waals surface area contributed by atoms with E-state index in [2.05, 4.69) is 42.2 Å². The molecular weight excluding hydrogens is 588 g/mol. The van der Waals surface area contributed by atoms with Crippen molar-refractivity contribution in [1.29, 1.82) is 0 Å². The summed E-state index contributed by atoms with van der Waals surface area (Å²) < 4.78 is 3.20. The zero-order valence-corrected chi connectivity index (χ0v) is 21.7. The average molecular weight is 603 g/mol. The van der Waals surface area contributed by atoms with E-state index in [0.29, 0.717) is 28.3 Å². The number of nitrogens with zero attached hydrogens (tertiary/aromatic N) is 3. The lowest BCUT2D eigenvalue weighted by molar-refractivity contribution is 0.838. The Morgan fingerprint density at radius 3 is 2.52 bits per heavy atom. The smallest absolute Gasteiger partial charge is 0.266 e. The highest BCUT2D eigenvalue weighted by atomic mass is 79.9. The zero-order chi connectivity index (χ0) is 22.9. The Morgan fingerprint density at radius 2 is 1.76 bits per heavy atom. The van der Waals surface area contributed by atoms with E-state index in [1.165, 1.54) is 11.3 Å². The van der Waals surface area contributed by atoms with Crippen LogP contribution in [0.25, 0.3) is 27.8 Å². The Bertz CT molecular complexity index is 1520. The third-order valence-corrected chi connectivity index (χ3v) is 7.13. The van der Waals surface area contributed by atoms with Crippen LogP contribution in [0.15, 0.2) is 85.9 Å². The number of thiazole rings is 1. The monoisotopic (exact) mass is 600 g/mol. The van der Waals surface area contributed by atoms with Crippen LogP contribution in [-0.2, 0) is 6.54 Å². The molecule has 0 atom stereocenters. The summed E-state index contributed by atoms with van der Waals surface area (Å²) in [5.41, 5.74) is 3.09. The fourth-order valence-corrected chi connectivity index (χ4v) is 5.64. The molecule has 0 bridgehead atoms. The summed E-state index contributed by atoms with van der Waals surface area (Å²) in [4.78, 5) is 23.0. The number of hydrogen-bond acceptors (Lipinski definition) is 5. The molecule has 9 heteroatoms. The highest BCUT2D eigenvalue weighted by Gasteiger charge is 2.16. The highest BCUT2D eigenvalue weighted by Crippen LogP contribution is 2.28. The molecule has 0 saturated heterocycles. The van der Waals surface area contributed by atoms with E-state index in [1.807, 2.05) is 66.0 Å². The van der Waals surface area contributed by atoms with Crippen LogP contribution in [0, 0.1) is 0 Å². The van der Waals surface area contributed by atoms with E-state index in [9.17, 15) is 4.79 Å². The minimum absolute atomic E-state index is 0.133. The molecule has 0 unspecified atom stereocenters. The molecule has 5 nitrogen and oxygen atoms in total. The normalized spacial score (nSPS) is 11.1. The molecule has 5 aromatic rings. The van der Waals surface area contributed by atoms with Gasteiger partial charge in [0.25, 0.3) is 5.56 Å². The van der Waals surface area contributed by atoms with Crippen LogP contribution in [0.3, 0.4) is 0 Å². The number of rotatable bonds is 5. The van der Waals surface area contributed by atoms with Gasteiger partial charge < -0.3 is 5.32 Å². The van der Waals surface area contributed by atoms with Gasteiger partial charge in [-0.25, -0.2) is 9.97 Å². The lowest BCUT2D eigenvalue weighted by Gasteiger charge is -2.15. The van der Waals surface area contributed by atoms with Crippen molar-refractivity contribution in [1.82, 2.24) is 14.5 Å². The van der Waals surface area contributed by atoms with Crippen LogP contribution in [0.2, 0.25) is 5.02 Å². The van der Waals surface area contributed by atoms with Crippen molar-refractivity contribution < 1.29 is 0 Å². The van der Waals surface area contributed by atoms with Crippen molar-refractivity contribution in [2.75, 3.05) is 5.32 Å². The highest BCUT2D eigenvalue weighted by molar-refractivity contribution is 9.11. The lowest BCUT2D eigenvalue weighted by atomic mass is 10.2. The van der Waals surface area contributed by atoms with E-state index in [1.54, 1.807) is 10.6 Å². The summed E-state index contributed by atoms with van der Waals surface area (Å²) in [5.74, 6) is 0.588. The fraction of sp³-hybridized carbons (Fsp3) is 0.0417. The van der Waals surface area contributed by atoms with Crippen LogP contribution >= 0.6 is 54.8 Å². The molecule has 2 aromatic heterocycles. The molecule has 1 N–H and O–H groups in total. The van der Waals surface area contributed by atoms with Gasteiger partial charge >= 0.3 is 0 Å². The van der Waals surface area contributed by atoms with E-state index in [-0.39, 0.29) is 5.56 Å². The van der Waals surface area contributed by atoms with Gasteiger partial charge in [0, 0.05) is 24.9 Å². The summed E-state index contributed by atoms with van der Waals surface area (Å²) in [6.07, 6.45) is 0. The standard InChI is InChI=1S/C24H15Br2ClN4OS/c25-15-10-18-22(19(26)11-15)30-21(31(23(18)32)17-4-2-1-3-5-17)12-28-24-29-20(13-33-24)14-6-8-16(27)9-7-14/h1-11,13H,12H2,(H,28,29). The molecular formula is C24H15Br2ClN4OS. The number of anilines is 1. The van der Waals surface area contributed by atoms with Crippen LogP contribution in [0.1, 0.15) is 5.82 Å². The van der Waals surface area contributed by atoms with Crippen molar-refractivity contribution in [2.45, 2.75) is 6.54 Å². The Kier molecular flexibility index (Phi) is 6.34. The molecule has 0 fully saturated rings. The molecule has 2 heterocycles. The van der Waals surface area contributed by atoms with E-state index < -0.39 is 0 Å². The zero-order valence-electron chi connectivity index (χ0n) is 16.9. The number of nitrogens with one attached hydrogen (secondary N) is 1. The number of fused-ring (bicyclic) bond motifs is 1. The SMILES string of the molecule is O=c1c2cc(Br)cc(Br)c2nc(CNc2nc(-c3ccc(Cl)cc3)cs2)n1-c1ccccc1. The van der Waals surface area contributed by atoms with Gasteiger partial charge in [-0.05, 0) is 52.3 Å². The summed E-state index contributed by atoms with van der Waals surface area (Å²) in [6.45, 7) is 0.330. The van der Waals surface area contributed by atoms with Crippen molar-refractivity contribution in [3.8, 4) is 16.9 Å².